The van der Waals surface area contributed by atoms with Crippen LogP contribution in [0.3, 0.4) is 0 Å². The van der Waals surface area contributed by atoms with Crippen molar-refractivity contribution in [3.8, 4) is 5.75 Å². The van der Waals surface area contributed by atoms with Crippen molar-refractivity contribution in [3.05, 3.63) is 29.8 Å². The Kier molecular flexibility index (Phi) is 1.64. The number of alkyl halides is 1. The minimum absolute atomic E-state index is 0.153. The van der Waals surface area contributed by atoms with Crippen LogP contribution in [0.1, 0.15) is 18.4 Å². The fourth-order valence-electron chi connectivity index (χ4n) is 1.33. The van der Waals surface area contributed by atoms with Gasteiger partial charge in [0, 0.05) is 11.5 Å². The molecule has 2 atom stereocenters. The molecule has 58 valence electrons. The van der Waals surface area contributed by atoms with Crippen molar-refractivity contribution < 1.29 is 4.74 Å². The van der Waals surface area contributed by atoms with Gasteiger partial charge in [0.1, 0.15) is 5.75 Å². The van der Waals surface area contributed by atoms with Crippen LogP contribution in [0.25, 0.3) is 0 Å². The second-order valence-corrected chi connectivity index (χ2v) is 3.70. The van der Waals surface area contributed by atoms with E-state index < -0.39 is 0 Å². The summed E-state index contributed by atoms with van der Waals surface area (Å²) in [6.07, 6.45) is 0. The summed E-state index contributed by atoms with van der Waals surface area (Å²) in [6.45, 7) is 2.16. The van der Waals surface area contributed by atoms with E-state index in [9.17, 15) is 0 Å². The highest BCUT2D eigenvalue weighted by Gasteiger charge is 2.27. The van der Waals surface area contributed by atoms with Crippen molar-refractivity contribution in [2.75, 3.05) is 0 Å². The minimum Gasteiger partial charge on any atom is -0.478 e. The number of halogens is 1. The zero-order valence-corrected chi connectivity index (χ0v) is 7.84. The maximum absolute atomic E-state index is 5.54. The van der Waals surface area contributed by atoms with Gasteiger partial charge in [0.25, 0.3) is 0 Å². The average Bonchev–Trinajstić information content (AvgIpc) is 2.30. The fourth-order valence-corrected chi connectivity index (χ4v) is 1.81. The maximum atomic E-state index is 5.54. The number of benzene rings is 1. The lowest BCUT2D eigenvalue weighted by molar-refractivity contribution is 0.309. The highest BCUT2D eigenvalue weighted by molar-refractivity contribution is 9.09. The predicted molar refractivity (Wildman–Crippen MR) is 48.2 cm³/mol. The molecule has 1 heterocycles. The summed E-state index contributed by atoms with van der Waals surface area (Å²) in [6, 6.07) is 8.16. The van der Waals surface area contributed by atoms with Gasteiger partial charge in [0.15, 0.2) is 5.01 Å². The zero-order chi connectivity index (χ0) is 7.84. The van der Waals surface area contributed by atoms with Gasteiger partial charge < -0.3 is 4.74 Å². The molecule has 0 fully saturated rings. The summed E-state index contributed by atoms with van der Waals surface area (Å²) < 4.78 is 5.54. The second kappa shape index (κ2) is 2.52. The average molecular weight is 213 g/mol. The van der Waals surface area contributed by atoms with Gasteiger partial charge in [0.2, 0.25) is 0 Å². The molecule has 1 aromatic carbocycles. The van der Waals surface area contributed by atoms with Crippen molar-refractivity contribution in [2.45, 2.75) is 17.9 Å². The third-order valence-corrected chi connectivity index (χ3v) is 3.02. The quantitative estimate of drug-likeness (QED) is 0.602. The number of hydrogen-bond acceptors (Lipinski definition) is 1. The van der Waals surface area contributed by atoms with E-state index in [0.717, 1.165) is 5.75 Å². The third kappa shape index (κ3) is 1.06. The summed E-state index contributed by atoms with van der Waals surface area (Å²) >= 11 is 3.46. The molecular weight excluding hydrogens is 204 g/mol. The minimum atomic E-state index is 0.153. The molecule has 0 radical (unpaired) electrons. The summed E-state index contributed by atoms with van der Waals surface area (Å²) in [4.78, 5) is 0. The zero-order valence-electron chi connectivity index (χ0n) is 6.25. The Bertz CT molecular complexity index is 272. The van der Waals surface area contributed by atoms with Crippen LogP contribution in [0.5, 0.6) is 5.75 Å². The van der Waals surface area contributed by atoms with Gasteiger partial charge in [0.05, 0.1) is 0 Å². The summed E-state index contributed by atoms with van der Waals surface area (Å²) in [5.41, 5.74) is 1.30. The molecule has 0 aliphatic carbocycles. The molecule has 1 nitrogen and oxygen atoms in total. The SMILES string of the molecule is CC1c2ccccc2OC1Br. The normalized spacial score (nSPS) is 27.8. The lowest BCUT2D eigenvalue weighted by Crippen LogP contribution is -2.06. The van der Waals surface area contributed by atoms with Crippen LogP contribution in [0.2, 0.25) is 0 Å². The number of hydrogen-bond donors (Lipinski definition) is 0. The van der Waals surface area contributed by atoms with Crippen LogP contribution in [0.4, 0.5) is 0 Å². The molecule has 1 aromatic rings. The Morgan fingerprint density at radius 3 is 2.82 bits per heavy atom. The molecule has 1 aliphatic rings. The van der Waals surface area contributed by atoms with Gasteiger partial charge in [-0.3, -0.25) is 0 Å². The first kappa shape index (κ1) is 7.17. The molecule has 0 saturated carbocycles. The van der Waals surface area contributed by atoms with E-state index in [0.29, 0.717) is 5.92 Å². The van der Waals surface area contributed by atoms with Crippen LogP contribution >= 0.6 is 15.9 Å². The van der Waals surface area contributed by atoms with Gasteiger partial charge in [-0.05, 0) is 22.0 Å². The Balaban J connectivity index is 2.47. The van der Waals surface area contributed by atoms with Crippen molar-refractivity contribution in [1.29, 1.82) is 0 Å². The van der Waals surface area contributed by atoms with Crippen LogP contribution < -0.4 is 4.74 Å². The number of fused-ring (bicyclic) bond motifs is 1. The van der Waals surface area contributed by atoms with Gasteiger partial charge in [-0.25, -0.2) is 0 Å². The fraction of sp³-hybridized carbons (Fsp3) is 0.333. The first-order valence-electron chi connectivity index (χ1n) is 3.68. The monoisotopic (exact) mass is 212 g/mol. The van der Waals surface area contributed by atoms with Crippen LogP contribution in [0, 0.1) is 0 Å². The van der Waals surface area contributed by atoms with E-state index >= 15 is 0 Å². The lowest BCUT2D eigenvalue weighted by Gasteiger charge is -2.04. The van der Waals surface area contributed by atoms with E-state index in [2.05, 4.69) is 28.9 Å². The highest BCUT2D eigenvalue weighted by atomic mass is 79.9. The topological polar surface area (TPSA) is 9.23 Å². The molecular formula is C9H9BrO. The van der Waals surface area contributed by atoms with E-state index in [4.69, 9.17) is 4.74 Å². The first-order valence-corrected chi connectivity index (χ1v) is 4.60. The Hall–Kier alpha value is -0.500. The molecule has 0 amide bonds. The van der Waals surface area contributed by atoms with Gasteiger partial charge in [-0.2, -0.15) is 0 Å². The smallest absolute Gasteiger partial charge is 0.159 e. The van der Waals surface area contributed by atoms with Gasteiger partial charge >= 0.3 is 0 Å². The van der Waals surface area contributed by atoms with Crippen molar-refractivity contribution >= 4 is 15.9 Å². The molecule has 2 rings (SSSR count). The van der Waals surface area contributed by atoms with Crippen molar-refractivity contribution in [2.24, 2.45) is 0 Å². The summed E-state index contributed by atoms with van der Waals surface area (Å²) in [5.74, 6) is 1.48. The Labute approximate surface area is 74.5 Å². The van der Waals surface area contributed by atoms with Crippen LogP contribution in [-0.2, 0) is 0 Å². The molecule has 11 heavy (non-hydrogen) atoms. The Morgan fingerprint density at radius 2 is 2.09 bits per heavy atom. The molecule has 2 heteroatoms. The molecule has 0 aromatic heterocycles. The van der Waals surface area contributed by atoms with Crippen molar-refractivity contribution in [3.63, 3.8) is 0 Å². The van der Waals surface area contributed by atoms with Gasteiger partial charge in [-0.15, -0.1) is 0 Å². The maximum Gasteiger partial charge on any atom is 0.159 e. The molecule has 0 bridgehead atoms. The van der Waals surface area contributed by atoms with Crippen LogP contribution in [0.15, 0.2) is 24.3 Å². The highest BCUT2D eigenvalue weighted by Crippen LogP contribution is 2.39. The molecule has 0 saturated heterocycles. The van der Waals surface area contributed by atoms with Gasteiger partial charge in [-0.1, -0.05) is 25.1 Å². The number of para-hydroxylation sites is 1. The number of ether oxygens (including phenoxy) is 1. The Morgan fingerprint density at radius 1 is 1.36 bits per heavy atom. The van der Waals surface area contributed by atoms with E-state index in [1.807, 2.05) is 18.2 Å². The van der Waals surface area contributed by atoms with E-state index in [1.54, 1.807) is 0 Å². The van der Waals surface area contributed by atoms with E-state index in [1.165, 1.54) is 5.56 Å². The second-order valence-electron chi connectivity index (χ2n) is 2.80. The lowest BCUT2D eigenvalue weighted by atomic mass is 10.0. The summed E-state index contributed by atoms with van der Waals surface area (Å²) in [5, 5.41) is 0.153. The van der Waals surface area contributed by atoms with Crippen molar-refractivity contribution in [1.82, 2.24) is 0 Å². The number of rotatable bonds is 0. The molecule has 0 N–H and O–H groups in total. The third-order valence-electron chi connectivity index (χ3n) is 2.04. The first-order chi connectivity index (χ1) is 5.29. The molecule has 2 unspecified atom stereocenters. The largest absolute Gasteiger partial charge is 0.478 e. The predicted octanol–water partition coefficient (Wildman–Crippen LogP) is 2.90. The standard InChI is InChI=1S/C9H9BrO/c1-6-7-4-2-3-5-8(7)11-9(6)10/h2-6,9H,1H3. The molecule has 1 aliphatic heterocycles. The summed E-state index contributed by atoms with van der Waals surface area (Å²) in [7, 11) is 0. The molecule has 0 spiro atoms. The van der Waals surface area contributed by atoms with E-state index in [-0.39, 0.29) is 5.01 Å². The van der Waals surface area contributed by atoms with Crippen LogP contribution in [-0.4, -0.2) is 5.01 Å².